The zero-order chi connectivity index (χ0) is 15.9. The third kappa shape index (κ3) is 2.55. The Morgan fingerprint density at radius 3 is 2.82 bits per heavy atom. The highest BCUT2D eigenvalue weighted by Gasteiger charge is 2.31. The summed E-state index contributed by atoms with van der Waals surface area (Å²) in [5.41, 5.74) is 6.57. The molecule has 2 heterocycles. The van der Waals surface area contributed by atoms with E-state index in [9.17, 15) is 4.79 Å². The molecule has 0 fully saturated rings. The Morgan fingerprint density at radius 2 is 2.09 bits per heavy atom. The average molecular weight is 339 g/mol. The maximum Gasteiger partial charge on any atom is 0.267 e. The van der Waals surface area contributed by atoms with Crippen LogP contribution in [0, 0.1) is 0 Å². The first-order valence-corrected chi connectivity index (χ1v) is 7.27. The molecular weight excluding hydrogens is 327 g/mol. The molecule has 0 unspecified atom stereocenters. The lowest BCUT2D eigenvalue weighted by molar-refractivity contribution is 0.0988. The SMILES string of the molecule is C[C@@H]1CN(c2ccc(Cl)c(Cl)c2)C(=O)c2c(N)ncnc2O1. The van der Waals surface area contributed by atoms with Crippen LogP contribution in [-0.4, -0.2) is 28.5 Å². The van der Waals surface area contributed by atoms with Gasteiger partial charge in [0.25, 0.3) is 5.91 Å². The number of carbonyl (C=O) groups excluding carboxylic acids is 1. The summed E-state index contributed by atoms with van der Waals surface area (Å²) in [4.78, 5) is 22.2. The first-order valence-electron chi connectivity index (χ1n) is 6.51. The molecule has 0 bridgehead atoms. The number of nitrogens with zero attached hydrogens (tertiary/aromatic N) is 3. The summed E-state index contributed by atoms with van der Waals surface area (Å²) in [5.74, 6) is -0.0717. The molecule has 0 aliphatic carbocycles. The maximum atomic E-state index is 12.8. The average Bonchev–Trinajstić information content (AvgIpc) is 2.59. The Kier molecular flexibility index (Phi) is 3.80. The van der Waals surface area contributed by atoms with Crippen LogP contribution in [0.1, 0.15) is 17.3 Å². The van der Waals surface area contributed by atoms with Gasteiger partial charge in [-0.1, -0.05) is 23.2 Å². The highest BCUT2D eigenvalue weighted by atomic mass is 35.5. The monoisotopic (exact) mass is 338 g/mol. The predicted molar refractivity (Wildman–Crippen MR) is 84.7 cm³/mol. The fourth-order valence-corrected chi connectivity index (χ4v) is 2.54. The van der Waals surface area contributed by atoms with E-state index in [4.69, 9.17) is 33.7 Å². The Labute approximate surface area is 136 Å². The largest absolute Gasteiger partial charge is 0.472 e. The van der Waals surface area contributed by atoms with E-state index in [-0.39, 0.29) is 29.3 Å². The summed E-state index contributed by atoms with van der Waals surface area (Å²) in [5, 5.41) is 0.780. The van der Waals surface area contributed by atoms with Crippen LogP contribution in [0.15, 0.2) is 24.5 Å². The molecule has 6 nitrogen and oxygen atoms in total. The molecule has 1 aliphatic rings. The van der Waals surface area contributed by atoms with Gasteiger partial charge in [0.1, 0.15) is 23.8 Å². The summed E-state index contributed by atoms with van der Waals surface area (Å²) >= 11 is 12.0. The van der Waals surface area contributed by atoms with Crippen LogP contribution in [0.5, 0.6) is 5.88 Å². The van der Waals surface area contributed by atoms with Crippen LogP contribution in [0.2, 0.25) is 10.0 Å². The Hall–Kier alpha value is -2.05. The topological polar surface area (TPSA) is 81.3 Å². The van der Waals surface area contributed by atoms with E-state index >= 15 is 0 Å². The van der Waals surface area contributed by atoms with Gasteiger partial charge in [0.2, 0.25) is 5.88 Å². The van der Waals surface area contributed by atoms with Crippen molar-refractivity contribution < 1.29 is 9.53 Å². The summed E-state index contributed by atoms with van der Waals surface area (Å²) in [7, 11) is 0. The number of anilines is 2. The molecule has 1 amide bonds. The van der Waals surface area contributed by atoms with Crippen molar-refractivity contribution >= 4 is 40.6 Å². The van der Waals surface area contributed by atoms with Crippen LogP contribution in [0.4, 0.5) is 11.5 Å². The molecule has 1 aromatic carbocycles. The number of halogens is 2. The standard InChI is InChI=1S/C14H12Cl2N4O2/c1-7-5-20(8-2-3-9(15)10(16)4-8)14(21)11-12(17)18-6-19-13(11)22-7/h2-4,6-7H,5H2,1H3,(H2,17,18,19)/t7-/m1/s1. The lowest BCUT2D eigenvalue weighted by Gasteiger charge is -2.22. The van der Waals surface area contributed by atoms with Gasteiger partial charge in [-0.2, -0.15) is 0 Å². The quantitative estimate of drug-likeness (QED) is 0.864. The number of aromatic nitrogens is 2. The normalized spacial score (nSPS) is 17.7. The van der Waals surface area contributed by atoms with Gasteiger partial charge in [0, 0.05) is 5.69 Å². The first-order chi connectivity index (χ1) is 10.5. The Morgan fingerprint density at radius 1 is 1.32 bits per heavy atom. The number of nitrogen functional groups attached to an aromatic ring is 1. The van der Waals surface area contributed by atoms with Crippen molar-refractivity contribution in [3.8, 4) is 5.88 Å². The number of ether oxygens (including phenoxy) is 1. The molecule has 2 aromatic rings. The second-order valence-corrected chi connectivity index (χ2v) is 5.70. The minimum Gasteiger partial charge on any atom is -0.472 e. The molecule has 114 valence electrons. The summed E-state index contributed by atoms with van der Waals surface area (Å²) in [6.45, 7) is 2.16. The van der Waals surface area contributed by atoms with Gasteiger partial charge >= 0.3 is 0 Å². The van der Waals surface area contributed by atoms with Gasteiger partial charge in [-0.25, -0.2) is 9.97 Å². The van der Waals surface area contributed by atoms with Gasteiger partial charge in [-0.05, 0) is 25.1 Å². The number of hydrogen-bond acceptors (Lipinski definition) is 5. The van der Waals surface area contributed by atoms with E-state index < -0.39 is 0 Å². The molecule has 8 heteroatoms. The number of hydrogen-bond donors (Lipinski definition) is 1. The Bertz CT molecular complexity index is 754. The molecule has 0 spiro atoms. The third-order valence-corrected chi connectivity index (χ3v) is 4.01. The van der Waals surface area contributed by atoms with E-state index in [0.29, 0.717) is 22.3 Å². The molecule has 0 saturated carbocycles. The first kappa shape index (κ1) is 14.9. The third-order valence-electron chi connectivity index (χ3n) is 3.27. The summed E-state index contributed by atoms with van der Waals surface area (Å²) in [6, 6.07) is 4.97. The number of carbonyl (C=O) groups is 1. The van der Waals surface area contributed by atoms with Crippen molar-refractivity contribution in [2.24, 2.45) is 0 Å². The lowest BCUT2D eigenvalue weighted by Crippen LogP contribution is -2.36. The van der Waals surface area contributed by atoms with Gasteiger partial charge in [-0.15, -0.1) is 0 Å². The van der Waals surface area contributed by atoms with Gasteiger partial charge < -0.3 is 15.4 Å². The molecular formula is C14H12Cl2N4O2. The zero-order valence-electron chi connectivity index (χ0n) is 11.6. The summed E-state index contributed by atoms with van der Waals surface area (Å²) in [6.07, 6.45) is 0.997. The van der Waals surface area contributed by atoms with Crippen molar-refractivity contribution in [1.29, 1.82) is 0 Å². The molecule has 0 radical (unpaired) electrons. The van der Waals surface area contributed by atoms with Gasteiger partial charge in [-0.3, -0.25) is 4.79 Å². The zero-order valence-corrected chi connectivity index (χ0v) is 13.1. The van der Waals surface area contributed by atoms with Crippen LogP contribution in [0.3, 0.4) is 0 Å². The van der Waals surface area contributed by atoms with Crippen molar-refractivity contribution in [3.05, 3.63) is 40.1 Å². The summed E-state index contributed by atoms with van der Waals surface area (Å²) < 4.78 is 5.66. The van der Waals surface area contributed by atoms with E-state index in [1.807, 2.05) is 6.92 Å². The minimum absolute atomic E-state index is 0.0779. The molecule has 2 N–H and O–H groups in total. The lowest BCUT2D eigenvalue weighted by atomic mass is 10.2. The van der Waals surface area contributed by atoms with E-state index in [1.54, 1.807) is 18.2 Å². The fraction of sp³-hybridized carbons (Fsp3) is 0.214. The number of amides is 1. The Balaban J connectivity index is 2.10. The number of rotatable bonds is 1. The van der Waals surface area contributed by atoms with Gasteiger partial charge in [0.15, 0.2) is 0 Å². The van der Waals surface area contributed by atoms with E-state index in [1.165, 1.54) is 11.2 Å². The number of benzene rings is 1. The van der Waals surface area contributed by atoms with Crippen LogP contribution >= 0.6 is 23.2 Å². The van der Waals surface area contributed by atoms with Crippen LogP contribution < -0.4 is 15.4 Å². The van der Waals surface area contributed by atoms with Gasteiger partial charge in [0.05, 0.1) is 16.6 Å². The number of nitrogens with two attached hydrogens (primary N) is 1. The highest BCUT2D eigenvalue weighted by Crippen LogP contribution is 2.32. The molecule has 1 aromatic heterocycles. The predicted octanol–water partition coefficient (Wildman–Crippen LogP) is 2.79. The van der Waals surface area contributed by atoms with Crippen molar-refractivity contribution in [2.75, 3.05) is 17.2 Å². The maximum absolute atomic E-state index is 12.8. The highest BCUT2D eigenvalue weighted by molar-refractivity contribution is 6.42. The van der Waals surface area contributed by atoms with Crippen LogP contribution in [0.25, 0.3) is 0 Å². The second-order valence-electron chi connectivity index (χ2n) is 4.88. The van der Waals surface area contributed by atoms with Crippen molar-refractivity contribution in [3.63, 3.8) is 0 Å². The van der Waals surface area contributed by atoms with Crippen molar-refractivity contribution in [2.45, 2.75) is 13.0 Å². The fourth-order valence-electron chi connectivity index (χ4n) is 2.25. The second kappa shape index (κ2) is 5.62. The van der Waals surface area contributed by atoms with Crippen LogP contribution in [-0.2, 0) is 0 Å². The molecule has 0 saturated heterocycles. The molecule has 1 aliphatic heterocycles. The smallest absolute Gasteiger partial charge is 0.267 e. The van der Waals surface area contributed by atoms with E-state index in [2.05, 4.69) is 9.97 Å². The minimum atomic E-state index is -0.337. The van der Waals surface area contributed by atoms with Crippen molar-refractivity contribution in [1.82, 2.24) is 9.97 Å². The number of fused-ring (bicyclic) bond motifs is 1. The molecule has 1 atom stereocenters. The molecule has 3 rings (SSSR count). The van der Waals surface area contributed by atoms with E-state index in [0.717, 1.165) is 0 Å². The molecule has 22 heavy (non-hydrogen) atoms.